The van der Waals surface area contributed by atoms with E-state index in [-0.39, 0.29) is 5.41 Å². The number of H-pyrrole nitrogens is 1. The van der Waals surface area contributed by atoms with Gasteiger partial charge in [0, 0.05) is 12.7 Å². The van der Waals surface area contributed by atoms with E-state index in [9.17, 15) is 0 Å². The third kappa shape index (κ3) is 2.21. The molecule has 2 aromatic heterocycles. The normalized spacial score (nSPS) is 12.2. The lowest BCUT2D eigenvalue weighted by atomic mass is 9.87. The van der Waals surface area contributed by atoms with E-state index in [1.54, 1.807) is 0 Å². The minimum absolute atomic E-state index is 0.149. The minimum atomic E-state index is 0.149. The van der Waals surface area contributed by atoms with Crippen LogP contribution < -0.4 is 0 Å². The van der Waals surface area contributed by atoms with Crippen molar-refractivity contribution < 1.29 is 0 Å². The van der Waals surface area contributed by atoms with E-state index in [4.69, 9.17) is 12.2 Å². The molecule has 2 heterocycles. The lowest BCUT2D eigenvalue weighted by Crippen LogP contribution is -2.11. The van der Waals surface area contributed by atoms with Crippen LogP contribution in [0.25, 0.3) is 16.9 Å². The molecule has 0 atom stereocenters. The van der Waals surface area contributed by atoms with Gasteiger partial charge in [0.25, 0.3) is 0 Å². The molecule has 1 N–H and O–H groups in total. The Morgan fingerprint density at radius 3 is 2.33 bits per heavy atom. The van der Waals surface area contributed by atoms with Gasteiger partial charge in [-0.05, 0) is 42.3 Å². The Hall–Kier alpha value is -1.88. The highest BCUT2D eigenvalue weighted by molar-refractivity contribution is 7.71. The molecule has 1 aromatic carbocycles. The molecule has 0 amide bonds. The van der Waals surface area contributed by atoms with Crippen LogP contribution in [0.2, 0.25) is 0 Å². The molecule has 0 fully saturated rings. The molecule has 0 radical (unpaired) electrons. The van der Waals surface area contributed by atoms with Crippen LogP contribution in [-0.4, -0.2) is 19.3 Å². The van der Waals surface area contributed by atoms with Gasteiger partial charge in [-0.15, -0.1) is 0 Å². The number of aryl methyl sites for hydroxylation is 2. The zero-order chi connectivity index (χ0) is 15.4. The Bertz CT molecular complexity index is 857. The molecule has 110 valence electrons. The fourth-order valence-electron chi connectivity index (χ4n) is 2.66. The van der Waals surface area contributed by atoms with Crippen LogP contribution in [0.15, 0.2) is 24.3 Å². The first-order valence-electron chi connectivity index (χ1n) is 7.04. The Labute approximate surface area is 129 Å². The van der Waals surface area contributed by atoms with Gasteiger partial charge in [0.1, 0.15) is 5.52 Å². The van der Waals surface area contributed by atoms with Gasteiger partial charge in [0.05, 0.1) is 5.69 Å². The number of imidazole rings is 1. The van der Waals surface area contributed by atoms with Crippen molar-refractivity contribution in [2.75, 3.05) is 0 Å². The summed E-state index contributed by atoms with van der Waals surface area (Å²) in [4.78, 5) is 3.25. The van der Waals surface area contributed by atoms with Crippen LogP contribution in [0, 0.1) is 11.7 Å². The molecule has 0 saturated heterocycles. The number of benzene rings is 1. The van der Waals surface area contributed by atoms with Gasteiger partial charge in [-0.25, -0.2) is 4.68 Å². The average Bonchev–Trinajstić information content (AvgIpc) is 2.87. The first kappa shape index (κ1) is 14.1. The van der Waals surface area contributed by atoms with Crippen molar-refractivity contribution in [3.05, 3.63) is 40.3 Å². The molecule has 21 heavy (non-hydrogen) atoms. The topological polar surface area (TPSA) is 38.5 Å². The van der Waals surface area contributed by atoms with Crippen LogP contribution in [-0.2, 0) is 12.5 Å². The Balaban J connectivity index is 2.21. The van der Waals surface area contributed by atoms with Gasteiger partial charge in [-0.2, -0.15) is 5.10 Å². The maximum atomic E-state index is 5.48. The Morgan fingerprint density at radius 1 is 1.14 bits per heavy atom. The highest BCUT2D eigenvalue weighted by Gasteiger charge is 2.16. The quantitative estimate of drug-likeness (QED) is 0.689. The number of aromatic nitrogens is 4. The standard InChI is InChI=1S/C16H20N4S/c1-10-13-14(19(5)18-10)20(15(21)17-13)12-8-6-11(7-9-12)16(2,3)4/h6-9H,1-5H3,(H,17,21). The number of hydrogen-bond acceptors (Lipinski definition) is 2. The van der Waals surface area contributed by atoms with E-state index in [0.717, 1.165) is 22.5 Å². The number of rotatable bonds is 1. The minimum Gasteiger partial charge on any atom is -0.327 e. The molecule has 0 spiro atoms. The van der Waals surface area contributed by atoms with Gasteiger partial charge in [0.2, 0.25) is 0 Å². The number of fused-ring (bicyclic) bond motifs is 1. The molecule has 3 rings (SSSR count). The van der Waals surface area contributed by atoms with Crippen molar-refractivity contribution >= 4 is 23.4 Å². The zero-order valence-corrected chi connectivity index (χ0v) is 13.9. The molecule has 0 aliphatic carbocycles. The number of hydrogen-bond donors (Lipinski definition) is 1. The van der Waals surface area contributed by atoms with E-state index < -0.39 is 0 Å². The van der Waals surface area contributed by atoms with Crippen LogP contribution in [0.3, 0.4) is 0 Å². The third-order valence-electron chi connectivity index (χ3n) is 3.83. The second-order valence-corrected chi connectivity index (χ2v) is 6.86. The lowest BCUT2D eigenvalue weighted by Gasteiger charge is -2.19. The number of aromatic amines is 1. The number of nitrogens with one attached hydrogen (secondary N) is 1. The first-order valence-corrected chi connectivity index (χ1v) is 7.45. The summed E-state index contributed by atoms with van der Waals surface area (Å²) in [6.07, 6.45) is 0. The second kappa shape index (κ2) is 4.56. The van der Waals surface area contributed by atoms with Crippen molar-refractivity contribution in [3.63, 3.8) is 0 Å². The summed E-state index contributed by atoms with van der Waals surface area (Å²) in [5, 5.41) is 4.45. The molecule has 5 heteroatoms. The van der Waals surface area contributed by atoms with Crippen molar-refractivity contribution in [1.82, 2.24) is 19.3 Å². The van der Waals surface area contributed by atoms with Crippen LogP contribution in [0.4, 0.5) is 0 Å². The Morgan fingerprint density at radius 2 is 1.76 bits per heavy atom. The van der Waals surface area contributed by atoms with Crippen molar-refractivity contribution in [3.8, 4) is 5.69 Å². The van der Waals surface area contributed by atoms with Gasteiger partial charge in [0.15, 0.2) is 10.4 Å². The maximum absolute atomic E-state index is 5.48. The average molecular weight is 300 g/mol. The summed E-state index contributed by atoms with van der Waals surface area (Å²) in [7, 11) is 1.94. The van der Waals surface area contributed by atoms with Crippen LogP contribution in [0.5, 0.6) is 0 Å². The summed E-state index contributed by atoms with van der Waals surface area (Å²) in [6, 6.07) is 8.57. The summed E-state index contributed by atoms with van der Waals surface area (Å²) in [6.45, 7) is 8.63. The molecule has 0 saturated carbocycles. The molecule has 0 unspecified atom stereocenters. The van der Waals surface area contributed by atoms with Crippen LogP contribution >= 0.6 is 12.2 Å². The highest BCUT2D eigenvalue weighted by Crippen LogP contribution is 2.25. The predicted molar refractivity (Wildman–Crippen MR) is 88.7 cm³/mol. The molecular weight excluding hydrogens is 280 g/mol. The maximum Gasteiger partial charge on any atom is 0.184 e. The van der Waals surface area contributed by atoms with Gasteiger partial charge < -0.3 is 4.98 Å². The molecule has 0 bridgehead atoms. The molecule has 4 nitrogen and oxygen atoms in total. The highest BCUT2D eigenvalue weighted by atomic mass is 32.1. The van der Waals surface area contributed by atoms with Gasteiger partial charge in [-0.3, -0.25) is 4.57 Å². The molecule has 3 aromatic rings. The van der Waals surface area contributed by atoms with Crippen molar-refractivity contribution in [2.45, 2.75) is 33.1 Å². The smallest absolute Gasteiger partial charge is 0.184 e. The van der Waals surface area contributed by atoms with Gasteiger partial charge >= 0.3 is 0 Å². The molecule has 0 aliphatic heterocycles. The van der Waals surface area contributed by atoms with E-state index in [1.807, 2.05) is 23.2 Å². The van der Waals surface area contributed by atoms with E-state index in [1.165, 1.54) is 5.56 Å². The number of nitrogens with zero attached hydrogens (tertiary/aromatic N) is 3. The fraction of sp³-hybridized carbons (Fsp3) is 0.375. The summed E-state index contributed by atoms with van der Waals surface area (Å²) in [5.41, 5.74) is 5.48. The van der Waals surface area contributed by atoms with Crippen molar-refractivity contribution in [2.24, 2.45) is 7.05 Å². The van der Waals surface area contributed by atoms with E-state index in [2.05, 4.69) is 55.1 Å². The predicted octanol–water partition coefficient (Wildman–Crippen LogP) is 4.03. The van der Waals surface area contributed by atoms with E-state index in [0.29, 0.717) is 4.77 Å². The molecule has 0 aliphatic rings. The summed E-state index contributed by atoms with van der Waals surface area (Å²) in [5.74, 6) is 0. The van der Waals surface area contributed by atoms with E-state index >= 15 is 0 Å². The van der Waals surface area contributed by atoms with Crippen molar-refractivity contribution in [1.29, 1.82) is 0 Å². The largest absolute Gasteiger partial charge is 0.327 e. The molecular formula is C16H20N4S. The monoisotopic (exact) mass is 300 g/mol. The second-order valence-electron chi connectivity index (χ2n) is 6.47. The zero-order valence-electron chi connectivity index (χ0n) is 13.1. The van der Waals surface area contributed by atoms with Gasteiger partial charge in [-0.1, -0.05) is 32.9 Å². The first-order chi connectivity index (χ1) is 9.79. The third-order valence-corrected chi connectivity index (χ3v) is 4.11. The lowest BCUT2D eigenvalue weighted by molar-refractivity contribution is 0.590. The summed E-state index contributed by atoms with van der Waals surface area (Å²) >= 11 is 5.48. The Kier molecular flexibility index (Phi) is 3.06. The fourth-order valence-corrected chi connectivity index (χ4v) is 2.95. The summed E-state index contributed by atoms with van der Waals surface area (Å²) < 4.78 is 4.61. The SMILES string of the molecule is Cc1nn(C)c2c1[nH]c(=S)n2-c1ccc(C(C)(C)C)cc1. The van der Waals surface area contributed by atoms with Crippen LogP contribution in [0.1, 0.15) is 32.0 Å².